The van der Waals surface area contributed by atoms with Gasteiger partial charge in [0.15, 0.2) is 0 Å². The quantitative estimate of drug-likeness (QED) is 0.545. The molecule has 4 atom stereocenters. The lowest BCUT2D eigenvalue weighted by atomic mass is 9.55. The third-order valence-corrected chi connectivity index (χ3v) is 8.58. The summed E-state index contributed by atoms with van der Waals surface area (Å²) in [6.07, 6.45) is 7.92. The number of amides is 1. The van der Waals surface area contributed by atoms with Crippen LogP contribution in [-0.4, -0.2) is 29.3 Å². The van der Waals surface area contributed by atoms with E-state index >= 15 is 0 Å². The number of aromatic amines is 1. The highest BCUT2D eigenvalue weighted by Crippen LogP contribution is 2.60. The van der Waals surface area contributed by atoms with E-state index in [1.807, 2.05) is 0 Å². The van der Waals surface area contributed by atoms with E-state index in [0.717, 1.165) is 50.2 Å². The fraction of sp³-hybridized carbons (Fsp3) is 0.643. The zero-order valence-corrected chi connectivity index (χ0v) is 20.7. The van der Waals surface area contributed by atoms with Gasteiger partial charge in [-0.25, -0.2) is 0 Å². The second-order valence-corrected chi connectivity index (χ2v) is 11.2. The average molecular weight is 450 g/mol. The number of fused-ring (bicyclic) bond motifs is 7. The molecule has 178 valence electrons. The van der Waals surface area contributed by atoms with Crippen LogP contribution in [0.1, 0.15) is 98.6 Å². The van der Waals surface area contributed by atoms with Gasteiger partial charge in [0, 0.05) is 17.5 Å². The molecule has 0 aliphatic heterocycles. The molecule has 2 N–H and O–H groups in total. The van der Waals surface area contributed by atoms with Crippen molar-refractivity contribution in [2.24, 2.45) is 17.8 Å². The number of carbonyl (C=O) groups is 1. The van der Waals surface area contributed by atoms with E-state index in [-0.39, 0.29) is 11.3 Å². The van der Waals surface area contributed by atoms with E-state index in [2.05, 4.69) is 56.3 Å². The molecule has 5 heteroatoms. The maximum atomic E-state index is 12.9. The van der Waals surface area contributed by atoms with E-state index < -0.39 is 0 Å². The topological polar surface area (TPSA) is 67.0 Å². The molecule has 1 heterocycles. The van der Waals surface area contributed by atoms with Crippen molar-refractivity contribution in [3.8, 4) is 5.75 Å². The predicted molar refractivity (Wildman–Crippen MR) is 131 cm³/mol. The van der Waals surface area contributed by atoms with Gasteiger partial charge in [-0.2, -0.15) is 5.10 Å². The molecule has 1 saturated carbocycles. The van der Waals surface area contributed by atoms with Crippen LogP contribution in [0.25, 0.3) is 0 Å². The number of aromatic nitrogens is 2. The van der Waals surface area contributed by atoms with Crippen molar-refractivity contribution in [3.05, 3.63) is 46.3 Å². The number of hydrogen-bond acceptors (Lipinski definition) is 3. The summed E-state index contributed by atoms with van der Waals surface area (Å²) < 4.78 is 5.99. The van der Waals surface area contributed by atoms with Gasteiger partial charge in [0.2, 0.25) is 0 Å². The van der Waals surface area contributed by atoms with Gasteiger partial charge in [-0.15, -0.1) is 0 Å². The summed E-state index contributed by atoms with van der Waals surface area (Å²) in [5.41, 5.74) is 6.13. The summed E-state index contributed by atoms with van der Waals surface area (Å²) in [4.78, 5) is 12.9. The molecule has 5 nitrogen and oxygen atoms in total. The maximum absolute atomic E-state index is 12.9. The molecule has 1 aromatic heterocycles. The predicted octanol–water partition coefficient (Wildman–Crippen LogP) is 5.54. The molecule has 1 amide bonds. The molecule has 33 heavy (non-hydrogen) atoms. The van der Waals surface area contributed by atoms with Gasteiger partial charge in [-0.05, 0) is 85.5 Å². The Bertz CT molecular complexity index is 1030. The molecule has 0 bridgehead atoms. The Morgan fingerprint density at radius 3 is 2.97 bits per heavy atom. The number of ether oxygens (including phenoxy) is 1. The minimum atomic E-state index is 0.000777. The van der Waals surface area contributed by atoms with Crippen molar-refractivity contribution in [3.63, 3.8) is 0 Å². The molecule has 5 rings (SSSR count). The van der Waals surface area contributed by atoms with Gasteiger partial charge in [0.05, 0.1) is 12.3 Å². The van der Waals surface area contributed by atoms with Crippen LogP contribution in [-0.2, 0) is 18.3 Å². The summed E-state index contributed by atoms with van der Waals surface area (Å²) in [5, 5.41) is 10.9. The van der Waals surface area contributed by atoms with Crippen LogP contribution in [0.4, 0.5) is 0 Å². The van der Waals surface area contributed by atoms with Gasteiger partial charge in [0.1, 0.15) is 11.4 Å². The molecule has 3 aliphatic carbocycles. The second-order valence-electron chi connectivity index (χ2n) is 11.2. The monoisotopic (exact) mass is 449 g/mol. The van der Waals surface area contributed by atoms with E-state index in [4.69, 9.17) is 9.84 Å². The summed E-state index contributed by atoms with van der Waals surface area (Å²) in [6.45, 7) is 10.3. The summed E-state index contributed by atoms with van der Waals surface area (Å²) >= 11 is 0. The fourth-order valence-corrected chi connectivity index (χ4v) is 6.80. The number of carbonyl (C=O) groups excluding carboxylic acids is 1. The largest absolute Gasteiger partial charge is 0.494 e. The third kappa shape index (κ3) is 3.87. The van der Waals surface area contributed by atoms with E-state index in [1.54, 1.807) is 0 Å². The Morgan fingerprint density at radius 1 is 1.33 bits per heavy atom. The minimum absolute atomic E-state index is 0.000777. The number of nitrogens with zero attached hydrogens (tertiary/aromatic N) is 1. The first kappa shape index (κ1) is 22.5. The SMILES string of the molecule is CCCCOc1ccc2c(c1)CCC1C2CC[C@]2(C)c3n[nH]c(C(=O)NCC(C)C)c3CC12. The minimum Gasteiger partial charge on any atom is -0.494 e. The molecule has 0 spiro atoms. The third-order valence-electron chi connectivity index (χ3n) is 8.58. The van der Waals surface area contributed by atoms with Gasteiger partial charge < -0.3 is 10.1 Å². The van der Waals surface area contributed by atoms with Crippen LogP contribution in [0, 0.1) is 17.8 Å². The highest BCUT2D eigenvalue weighted by atomic mass is 16.5. The van der Waals surface area contributed by atoms with Crippen molar-refractivity contribution < 1.29 is 9.53 Å². The van der Waals surface area contributed by atoms with Gasteiger partial charge in [0.25, 0.3) is 5.91 Å². The molecule has 2 aromatic rings. The van der Waals surface area contributed by atoms with Crippen molar-refractivity contribution in [2.45, 2.75) is 84.0 Å². The Morgan fingerprint density at radius 2 is 2.18 bits per heavy atom. The number of hydrogen-bond donors (Lipinski definition) is 2. The van der Waals surface area contributed by atoms with Crippen molar-refractivity contribution >= 4 is 5.91 Å². The number of rotatable bonds is 7. The number of unbranched alkanes of at least 4 members (excludes halogenated alkanes) is 1. The first-order valence-electron chi connectivity index (χ1n) is 13.0. The second kappa shape index (κ2) is 8.81. The maximum Gasteiger partial charge on any atom is 0.269 e. The number of H-pyrrole nitrogens is 1. The lowest BCUT2D eigenvalue weighted by molar-refractivity contribution is 0.0935. The Labute approximate surface area is 198 Å². The molecule has 1 fully saturated rings. The van der Waals surface area contributed by atoms with Gasteiger partial charge in [-0.3, -0.25) is 9.89 Å². The Hall–Kier alpha value is -2.30. The molecular formula is C28H39N3O2. The first-order chi connectivity index (χ1) is 15.9. The lowest BCUT2D eigenvalue weighted by Crippen LogP contribution is -2.43. The van der Waals surface area contributed by atoms with Crippen LogP contribution in [0.3, 0.4) is 0 Å². The molecular weight excluding hydrogens is 410 g/mol. The average Bonchev–Trinajstić information content (AvgIpc) is 3.35. The van der Waals surface area contributed by atoms with Crippen molar-refractivity contribution in [2.75, 3.05) is 13.2 Å². The molecule has 1 aromatic carbocycles. The fourth-order valence-electron chi connectivity index (χ4n) is 6.80. The van der Waals surface area contributed by atoms with E-state index in [0.29, 0.717) is 35.9 Å². The number of aryl methyl sites for hydroxylation is 1. The highest BCUT2D eigenvalue weighted by molar-refractivity contribution is 5.94. The molecule has 3 aliphatic rings. The smallest absolute Gasteiger partial charge is 0.269 e. The molecule has 3 unspecified atom stereocenters. The number of benzene rings is 1. The van der Waals surface area contributed by atoms with Crippen molar-refractivity contribution in [1.29, 1.82) is 0 Å². The lowest BCUT2D eigenvalue weighted by Gasteiger charge is -2.49. The van der Waals surface area contributed by atoms with Gasteiger partial charge >= 0.3 is 0 Å². The summed E-state index contributed by atoms with van der Waals surface area (Å²) in [7, 11) is 0. The van der Waals surface area contributed by atoms with E-state index in [1.165, 1.54) is 29.5 Å². The standard InChI is InChI=1S/C28H39N3O2/c1-5-6-13-33-19-8-10-20-18(14-19)7-9-22-21(20)11-12-28(4)24(22)15-23-25(30-31-26(23)28)27(32)29-16-17(2)3/h8,10,14,17,21-22,24H,5-7,9,11-13,15-16H2,1-4H3,(H,29,32)(H,30,31)/t21?,22?,24?,28-/m0/s1. The molecule has 0 saturated heterocycles. The molecule has 0 radical (unpaired) electrons. The Balaban J connectivity index is 1.36. The summed E-state index contributed by atoms with van der Waals surface area (Å²) in [6, 6.07) is 6.82. The first-order valence-corrected chi connectivity index (χ1v) is 13.0. The Kier molecular flexibility index (Phi) is 6.00. The normalized spacial score (nSPS) is 27.5. The van der Waals surface area contributed by atoms with Crippen LogP contribution >= 0.6 is 0 Å². The zero-order chi connectivity index (χ0) is 23.2. The van der Waals surface area contributed by atoms with Crippen LogP contribution in [0.5, 0.6) is 5.75 Å². The van der Waals surface area contributed by atoms with Crippen LogP contribution in [0.2, 0.25) is 0 Å². The van der Waals surface area contributed by atoms with Crippen LogP contribution in [0.15, 0.2) is 18.2 Å². The van der Waals surface area contributed by atoms with Gasteiger partial charge in [-0.1, -0.05) is 40.2 Å². The van der Waals surface area contributed by atoms with Crippen LogP contribution < -0.4 is 10.1 Å². The van der Waals surface area contributed by atoms with E-state index in [9.17, 15) is 4.79 Å². The highest BCUT2D eigenvalue weighted by Gasteiger charge is 2.55. The summed E-state index contributed by atoms with van der Waals surface area (Å²) in [5.74, 6) is 3.30. The number of nitrogens with one attached hydrogen (secondary N) is 2. The van der Waals surface area contributed by atoms with Crippen molar-refractivity contribution in [1.82, 2.24) is 15.5 Å². The zero-order valence-electron chi connectivity index (χ0n) is 20.7.